The van der Waals surface area contributed by atoms with Gasteiger partial charge < -0.3 is 10.3 Å². The fourth-order valence-electron chi connectivity index (χ4n) is 1.29. The summed E-state index contributed by atoms with van der Waals surface area (Å²) < 4.78 is 5.16. The minimum atomic E-state index is 0.524. The van der Waals surface area contributed by atoms with Gasteiger partial charge >= 0.3 is 0 Å². The highest BCUT2D eigenvalue weighted by Gasteiger charge is 2.13. The molecule has 0 saturated heterocycles. The van der Waals surface area contributed by atoms with E-state index in [0.717, 1.165) is 17.1 Å². The molecule has 0 fully saturated rings. The zero-order chi connectivity index (χ0) is 10.8. The van der Waals surface area contributed by atoms with Gasteiger partial charge in [-0.15, -0.1) is 11.3 Å². The highest BCUT2D eigenvalue weighted by molar-refractivity contribution is 7.14. The maximum absolute atomic E-state index is 5.77. The molecule has 0 atom stereocenters. The van der Waals surface area contributed by atoms with Gasteiger partial charge in [-0.2, -0.15) is 4.98 Å². The molecular weight excluding hydrogens is 210 g/mol. The van der Waals surface area contributed by atoms with Crippen LogP contribution in [-0.2, 0) is 6.42 Å². The molecule has 2 rings (SSSR count). The van der Waals surface area contributed by atoms with Crippen LogP contribution in [0.3, 0.4) is 0 Å². The van der Waals surface area contributed by atoms with E-state index >= 15 is 0 Å². The van der Waals surface area contributed by atoms with Crippen LogP contribution in [0.15, 0.2) is 16.0 Å². The summed E-state index contributed by atoms with van der Waals surface area (Å²) in [4.78, 5) is 5.17. The molecule has 0 saturated carbocycles. The summed E-state index contributed by atoms with van der Waals surface area (Å²) in [5, 5.41) is 5.83. The third kappa shape index (κ3) is 2.18. The van der Waals surface area contributed by atoms with Crippen molar-refractivity contribution in [2.24, 2.45) is 5.92 Å². The summed E-state index contributed by atoms with van der Waals surface area (Å²) in [5.41, 5.74) is 6.46. The fourth-order valence-corrected chi connectivity index (χ4v) is 2.03. The maximum Gasteiger partial charge on any atom is 0.270 e. The van der Waals surface area contributed by atoms with Crippen molar-refractivity contribution >= 4 is 17.0 Å². The van der Waals surface area contributed by atoms with E-state index in [1.165, 1.54) is 11.3 Å². The number of thiophene rings is 1. The van der Waals surface area contributed by atoms with Crippen LogP contribution in [0.4, 0.5) is 5.69 Å². The molecule has 15 heavy (non-hydrogen) atoms. The van der Waals surface area contributed by atoms with E-state index < -0.39 is 0 Å². The molecule has 5 heteroatoms. The van der Waals surface area contributed by atoms with Gasteiger partial charge in [0.25, 0.3) is 5.89 Å². The highest BCUT2D eigenvalue weighted by atomic mass is 32.1. The van der Waals surface area contributed by atoms with Crippen molar-refractivity contribution in [1.29, 1.82) is 0 Å². The molecule has 4 nitrogen and oxygen atoms in total. The maximum atomic E-state index is 5.77. The van der Waals surface area contributed by atoms with Gasteiger partial charge in [-0.25, -0.2) is 0 Å². The molecule has 2 N–H and O–H groups in total. The smallest absolute Gasteiger partial charge is 0.270 e. The molecule has 0 radical (unpaired) electrons. The Morgan fingerprint density at radius 3 is 2.93 bits per heavy atom. The van der Waals surface area contributed by atoms with Crippen molar-refractivity contribution < 1.29 is 4.52 Å². The van der Waals surface area contributed by atoms with Gasteiger partial charge in [0.2, 0.25) is 0 Å². The van der Waals surface area contributed by atoms with E-state index in [1.807, 2.05) is 11.4 Å². The summed E-state index contributed by atoms with van der Waals surface area (Å²) in [7, 11) is 0. The van der Waals surface area contributed by atoms with Crippen LogP contribution < -0.4 is 5.73 Å². The van der Waals surface area contributed by atoms with Crippen LogP contribution >= 0.6 is 11.3 Å². The van der Waals surface area contributed by atoms with E-state index in [1.54, 1.807) is 0 Å². The molecule has 0 aliphatic heterocycles. The quantitative estimate of drug-likeness (QED) is 0.868. The number of hydrogen-bond acceptors (Lipinski definition) is 5. The van der Waals surface area contributed by atoms with Crippen molar-refractivity contribution in [3.63, 3.8) is 0 Å². The third-order valence-electron chi connectivity index (χ3n) is 1.95. The largest absolute Gasteiger partial charge is 0.397 e. The summed E-state index contributed by atoms with van der Waals surface area (Å²) in [5.74, 6) is 1.79. The first kappa shape index (κ1) is 10.2. The zero-order valence-corrected chi connectivity index (χ0v) is 9.54. The lowest BCUT2D eigenvalue weighted by atomic mass is 10.1. The lowest BCUT2D eigenvalue weighted by Crippen LogP contribution is -1.95. The van der Waals surface area contributed by atoms with Crippen molar-refractivity contribution in [2.75, 3.05) is 5.73 Å². The topological polar surface area (TPSA) is 64.9 Å². The van der Waals surface area contributed by atoms with E-state index in [4.69, 9.17) is 10.3 Å². The van der Waals surface area contributed by atoms with Crippen LogP contribution in [0.25, 0.3) is 10.8 Å². The molecule has 0 aliphatic carbocycles. The summed E-state index contributed by atoms with van der Waals surface area (Å²) >= 11 is 1.51. The predicted octanol–water partition coefficient (Wildman–Crippen LogP) is 2.58. The third-order valence-corrected chi connectivity index (χ3v) is 2.87. The van der Waals surface area contributed by atoms with Gasteiger partial charge in [0.1, 0.15) is 4.88 Å². The molecule has 0 amide bonds. The first-order chi connectivity index (χ1) is 7.16. The minimum absolute atomic E-state index is 0.524. The normalized spacial score (nSPS) is 11.1. The molecule has 2 heterocycles. The van der Waals surface area contributed by atoms with Gasteiger partial charge in [0, 0.05) is 6.42 Å². The Kier molecular flexibility index (Phi) is 2.73. The number of nitrogens with two attached hydrogens (primary N) is 1. The Labute approximate surface area is 92.1 Å². The molecule has 2 aromatic rings. The van der Waals surface area contributed by atoms with Crippen LogP contribution in [-0.4, -0.2) is 10.1 Å². The van der Waals surface area contributed by atoms with E-state index in [2.05, 4.69) is 24.0 Å². The molecule has 2 aromatic heterocycles. The second-order valence-electron chi connectivity index (χ2n) is 3.82. The Balaban J connectivity index is 2.24. The molecule has 0 spiro atoms. The average molecular weight is 223 g/mol. The van der Waals surface area contributed by atoms with Crippen molar-refractivity contribution in [2.45, 2.75) is 20.3 Å². The van der Waals surface area contributed by atoms with Crippen molar-refractivity contribution in [1.82, 2.24) is 10.1 Å². The van der Waals surface area contributed by atoms with Crippen LogP contribution in [0, 0.1) is 5.92 Å². The average Bonchev–Trinajstić information content (AvgIpc) is 2.72. The molecule has 0 aliphatic rings. The van der Waals surface area contributed by atoms with E-state index in [0.29, 0.717) is 17.5 Å². The first-order valence-corrected chi connectivity index (χ1v) is 5.70. The number of hydrogen-bond donors (Lipinski definition) is 1. The fraction of sp³-hybridized carbons (Fsp3) is 0.400. The number of nitrogen functional groups attached to an aromatic ring is 1. The Morgan fingerprint density at radius 2 is 2.33 bits per heavy atom. The molecule has 0 aromatic carbocycles. The number of nitrogens with zero attached hydrogens (tertiary/aromatic N) is 2. The van der Waals surface area contributed by atoms with Crippen LogP contribution in [0.1, 0.15) is 19.7 Å². The number of rotatable bonds is 3. The lowest BCUT2D eigenvalue weighted by molar-refractivity contribution is 0.418. The van der Waals surface area contributed by atoms with Crippen LogP contribution in [0.2, 0.25) is 0 Å². The lowest BCUT2D eigenvalue weighted by Gasteiger charge is -1.95. The van der Waals surface area contributed by atoms with E-state index in [-0.39, 0.29) is 0 Å². The Hall–Kier alpha value is -1.36. The van der Waals surface area contributed by atoms with Gasteiger partial charge in [0.05, 0.1) is 5.69 Å². The van der Waals surface area contributed by atoms with Gasteiger partial charge in [-0.05, 0) is 17.4 Å². The number of aromatic nitrogens is 2. The summed E-state index contributed by atoms with van der Waals surface area (Å²) in [6, 6.07) is 1.84. The monoisotopic (exact) mass is 223 g/mol. The van der Waals surface area contributed by atoms with Crippen molar-refractivity contribution in [3.8, 4) is 10.8 Å². The van der Waals surface area contributed by atoms with Gasteiger partial charge in [0.15, 0.2) is 5.82 Å². The highest BCUT2D eigenvalue weighted by Crippen LogP contribution is 2.30. The second kappa shape index (κ2) is 4.02. The molecule has 0 bridgehead atoms. The zero-order valence-electron chi connectivity index (χ0n) is 8.73. The standard InChI is InChI=1S/C10H13N3OS/c1-6(2)5-8-12-10(14-13-8)9-7(11)3-4-15-9/h3-4,6H,5,11H2,1-2H3. The second-order valence-corrected chi connectivity index (χ2v) is 4.73. The summed E-state index contributed by atoms with van der Waals surface area (Å²) in [6.45, 7) is 4.24. The minimum Gasteiger partial charge on any atom is -0.397 e. The Bertz CT molecular complexity index is 447. The van der Waals surface area contributed by atoms with Crippen LogP contribution in [0.5, 0.6) is 0 Å². The molecule has 0 unspecified atom stereocenters. The summed E-state index contributed by atoms with van der Waals surface area (Å²) in [6.07, 6.45) is 0.828. The number of anilines is 1. The van der Waals surface area contributed by atoms with E-state index in [9.17, 15) is 0 Å². The van der Waals surface area contributed by atoms with Gasteiger partial charge in [-0.1, -0.05) is 19.0 Å². The predicted molar refractivity (Wildman–Crippen MR) is 60.6 cm³/mol. The first-order valence-electron chi connectivity index (χ1n) is 4.82. The van der Waals surface area contributed by atoms with Crippen molar-refractivity contribution in [3.05, 3.63) is 17.3 Å². The van der Waals surface area contributed by atoms with Gasteiger partial charge in [-0.3, -0.25) is 0 Å². The molecule has 80 valence electrons. The molecular formula is C10H13N3OS. The SMILES string of the molecule is CC(C)Cc1noc(-c2sccc2N)n1. The Morgan fingerprint density at radius 1 is 1.53 bits per heavy atom.